The number of halogens is 1. The molecule has 2 aromatic rings. The van der Waals surface area contributed by atoms with Crippen LogP contribution in [-0.2, 0) is 13.1 Å². The van der Waals surface area contributed by atoms with Crippen LogP contribution in [0.2, 0.25) is 0 Å². The maximum atomic E-state index is 5.23. The van der Waals surface area contributed by atoms with Gasteiger partial charge in [0.05, 0.1) is 14.2 Å². The molecular weight excluding hydrogens is 320 g/mol. The van der Waals surface area contributed by atoms with Crippen molar-refractivity contribution in [2.45, 2.75) is 13.1 Å². The van der Waals surface area contributed by atoms with E-state index in [1.165, 1.54) is 0 Å². The topological polar surface area (TPSA) is 43.4 Å². The van der Waals surface area contributed by atoms with Crippen LogP contribution in [0.15, 0.2) is 41.0 Å². The lowest BCUT2D eigenvalue weighted by Gasteiger charge is -2.09. The number of pyridine rings is 1. The molecule has 106 valence electrons. The highest BCUT2D eigenvalue weighted by Gasteiger charge is 2.03. The molecule has 20 heavy (non-hydrogen) atoms. The van der Waals surface area contributed by atoms with Gasteiger partial charge in [-0.15, -0.1) is 0 Å². The zero-order chi connectivity index (χ0) is 14.4. The van der Waals surface area contributed by atoms with E-state index in [0.29, 0.717) is 5.88 Å². The van der Waals surface area contributed by atoms with Crippen LogP contribution >= 0.6 is 15.9 Å². The van der Waals surface area contributed by atoms with Crippen LogP contribution in [0.3, 0.4) is 0 Å². The monoisotopic (exact) mass is 336 g/mol. The number of aromatic nitrogens is 1. The zero-order valence-corrected chi connectivity index (χ0v) is 13.1. The Bertz CT molecular complexity index is 576. The van der Waals surface area contributed by atoms with Crippen molar-refractivity contribution in [2.24, 2.45) is 0 Å². The summed E-state index contributed by atoms with van der Waals surface area (Å²) < 4.78 is 11.4. The van der Waals surface area contributed by atoms with Gasteiger partial charge in [-0.05, 0) is 35.4 Å². The van der Waals surface area contributed by atoms with Crippen LogP contribution in [0.4, 0.5) is 0 Å². The Hall–Kier alpha value is -1.59. The molecule has 0 fully saturated rings. The SMILES string of the molecule is COc1ccc(Br)c(CNCc2ccnc(OC)c2)c1. The molecule has 5 heteroatoms. The van der Waals surface area contributed by atoms with Crippen molar-refractivity contribution in [1.82, 2.24) is 10.3 Å². The first kappa shape index (κ1) is 14.8. The number of nitrogens with zero attached hydrogens (tertiary/aromatic N) is 1. The van der Waals surface area contributed by atoms with Crippen LogP contribution in [-0.4, -0.2) is 19.2 Å². The molecule has 0 atom stereocenters. The van der Waals surface area contributed by atoms with Crippen LogP contribution in [0.5, 0.6) is 11.6 Å². The summed E-state index contributed by atoms with van der Waals surface area (Å²) in [7, 11) is 3.29. The molecule has 1 aromatic heterocycles. The van der Waals surface area contributed by atoms with Gasteiger partial charge in [-0.25, -0.2) is 4.98 Å². The molecule has 0 amide bonds. The molecule has 0 aliphatic heterocycles. The van der Waals surface area contributed by atoms with E-state index in [1.807, 2.05) is 30.3 Å². The van der Waals surface area contributed by atoms with E-state index in [2.05, 4.69) is 26.2 Å². The average Bonchev–Trinajstić information content (AvgIpc) is 2.49. The van der Waals surface area contributed by atoms with Gasteiger partial charge in [0.15, 0.2) is 0 Å². The van der Waals surface area contributed by atoms with Crippen molar-refractivity contribution in [3.8, 4) is 11.6 Å². The van der Waals surface area contributed by atoms with Crippen LogP contribution in [0, 0.1) is 0 Å². The molecule has 0 saturated heterocycles. The standard InChI is InChI=1S/C15H17BrN2O2/c1-19-13-3-4-14(16)12(8-13)10-17-9-11-5-6-18-15(7-11)20-2/h3-8,17H,9-10H2,1-2H3. The summed E-state index contributed by atoms with van der Waals surface area (Å²) in [5.41, 5.74) is 2.29. The lowest BCUT2D eigenvalue weighted by molar-refractivity contribution is 0.397. The smallest absolute Gasteiger partial charge is 0.213 e. The highest BCUT2D eigenvalue weighted by Crippen LogP contribution is 2.22. The molecule has 2 rings (SSSR count). The summed E-state index contributed by atoms with van der Waals surface area (Å²) in [5.74, 6) is 1.49. The van der Waals surface area contributed by atoms with E-state index in [1.54, 1.807) is 20.4 Å². The largest absolute Gasteiger partial charge is 0.497 e. The average molecular weight is 337 g/mol. The molecule has 1 aromatic carbocycles. The van der Waals surface area contributed by atoms with Gasteiger partial charge in [0.1, 0.15) is 5.75 Å². The van der Waals surface area contributed by atoms with Gasteiger partial charge in [-0.1, -0.05) is 15.9 Å². The van der Waals surface area contributed by atoms with Crippen molar-refractivity contribution >= 4 is 15.9 Å². The lowest BCUT2D eigenvalue weighted by atomic mass is 10.2. The molecule has 0 aliphatic carbocycles. The molecule has 0 spiro atoms. The van der Waals surface area contributed by atoms with Crippen molar-refractivity contribution < 1.29 is 9.47 Å². The molecule has 1 N–H and O–H groups in total. The third-order valence-electron chi connectivity index (χ3n) is 2.91. The third-order valence-corrected chi connectivity index (χ3v) is 3.68. The van der Waals surface area contributed by atoms with Crippen molar-refractivity contribution in [3.63, 3.8) is 0 Å². The second-order valence-corrected chi connectivity index (χ2v) is 5.12. The molecule has 0 saturated carbocycles. The first-order valence-corrected chi connectivity index (χ1v) is 7.04. The van der Waals surface area contributed by atoms with Crippen molar-refractivity contribution in [1.29, 1.82) is 0 Å². The van der Waals surface area contributed by atoms with Crippen LogP contribution in [0.25, 0.3) is 0 Å². The van der Waals surface area contributed by atoms with Crippen molar-refractivity contribution in [3.05, 3.63) is 52.1 Å². The predicted molar refractivity (Wildman–Crippen MR) is 82.0 cm³/mol. The van der Waals surface area contributed by atoms with E-state index < -0.39 is 0 Å². The van der Waals surface area contributed by atoms with Crippen molar-refractivity contribution in [2.75, 3.05) is 14.2 Å². The van der Waals surface area contributed by atoms with Gasteiger partial charge in [-0.3, -0.25) is 0 Å². The summed E-state index contributed by atoms with van der Waals surface area (Å²) in [6, 6.07) is 9.83. The van der Waals surface area contributed by atoms with Gasteiger partial charge in [-0.2, -0.15) is 0 Å². The van der Waals surface area contributed by atoms with E-state index in [4.69, 9.17) is 9.47 Å². The Labute approximate surface area is 127 Å². The molecule has 0 radical (unpaired) electrons. The first-order valence-electron chi connectivity index (χ1n) is 6.25. The van der Waals surface area contributed by atoms with E-state index in [9.17, 15) is 0 Å². The summed E-state index contributed by atoms with van der Waals surface area (Å²) in [6.45, 7) is 1.50. The summed E-state index contributed by atoms with van der Waals surface area (Å²) in [5, 5.41) is 3.39. The first-order chi connectivity index (χ1) is 9.72. The Morgan fingerprint density at radius 1 is 1.10 bits per heavy atom. The number of hydrogen-bond acceptors (Lipinski definition) is 4. The molecule has 0 bridgehead atoms. The van der Waals surface area contributed by atoms with Gasteiger partial charge in [0.25, 0.3) is 0 Å². The lowest BCUT2D eigenvalue weighted by Crippen LogP contribution is -2.13. The number of methoxy groups -OCH3 is 2. The highest BCUT2D eigenvalue weighted by molar-refractivity contribution is 9.10. The molecule has 1 heterocycles. The van der Waals surface area contributed by atoms with Gasteiger partial charge >= 0.3 is 0 Å². The number of rotatable bonds is 6. The Morgan fingerprint density at radius 2 is 1.95 bits per heavy atom. The molecular formula is C15H17BrN2O2. The molecule has 0 aliphatic rings. The number of hydrogen-bond donors (Lipinski definition) is 1. The Kier molecular flexibility index (Phi) is 5.38. The fourth-order valence-electron chi connectivity index (χ4n) is 1.83. The van der Waals surface area contributed by atoms with Gasteiger partial charge < -0.3 is 14.8 Å². The quantitative estimate of drug-likeness (QED) is 0.879. The fraction of sp³-hybridized carbons (Fsp3) is 0.267. The molecule has 4 nitrogen and oxygen atoms in total. The maximum Gasteiger partial charge on any atom is 0.213 e. The Morgan fingerprint density at radius 3 is 2.70 bits per heavy atom. The summed E-state index contributed by atoms with van der Waals surface area (Å²) in [4.78, 5) is 4.09. The number of benzene rings is 1. The minimum absolute atomic E-state index is 0.631. The van der Waals surface area contributed by atoms with Gasteiger partial charge in [0.2, 0.25) is 5.88 Å². The minimum Gasteiger partial charge on any atom is -0.497 e. The Balaban J connectivity index is 1.95. The zero-order valence-electron chi connectivity index (χ0n) is 11.5. The second-order valence-electron chi connectivity index (χ2n) is 4.27. The normalized spacial score (nSPS) is 10.3. The summed E-state index contributed by atoms with van der Waals surface area (Å²) in [6.07, 6.45) is 1.75. The minimum atomic E-state index is 0.631. The molecule has 0 unspecified atom stereocenters. The third kappa shape index (κ3) is 3.95. The van der Waals surface area contributed by atoms with Crippen LogP contribution < -0.4 is 14.8 Å². The van der Waals surface area contributed by atoms with E-state index in [0.717, 1.165) is 34.4 Å². The predicted octanol–water partition coefficient (Wildman–Crippen LogP) is 3.15. The van der Waals surface area contributed by atoms with Gasteiger partial charge in [0, 0.05) is 29.8 Å². The second kappa shape index (κ2) is 7.26. The van der Waals surface area contributed by atoms with Crippen LogP contribution in [0.1, 0.15) is 11.1 Å². The number of ether oxygens (including phenoxy) is 2. The summed E-state index contributed by atoms with van der Waals surface area (Å²) >= 11 is 3.54. The van der Waals surface area contributed by atoms with E-state index >= 15 is 0 Å². The number of nitrogens with one attached hydrogen (secondary N) is 1. The highest BCUT2D eigenvalue weighted by atomic mass is 79.9. The van der Waals surface area contributed by atoms with E-state index in [-0.39, 0.29) is 0 Å². The fourth-order valence-corrected chi connectivity index (χ4v) is 2.21. The maximum absolute atomic E-state index is 5.23.